The third-order valence-electron chi connectivity index (χ3n) is 2.94. The van der Waals surface area contributed by atoms with E-state index in [9.17, 15) is 8.78 Å². The second-order valence-corrected chi connectivity index (χ2v) is 4.95. The first-order valence-electron chi connectivity index (χ1n) is 5.96. The maximum Gasteiger partial charge on any atom is 0.229 e. The van der Waals surface area contributed by atoms with Gasteiger partial charge in [0.1, 0.15) is 17.9 Å². The van der Waals surface area contributed by atoms with E-state index in [4.69, 9.17) is 16.0 Å². The fourth-order valence-electron chi connectivity index (χ4n) is 1.73. The van der Waals surface area contributed by atoms with E-state index in [1.165, 1.54) is 19.1 Å². The summed E-state index contributed by atoms with van der Waals surface area (Å²) in [7, 11) is 0. The van der Waals surface area contributed by atoms with E-state index in [2.05, 4.69) is 10.3 Å². The van der Waals surface area contributed by atoms with Gasteiger partial charge in [0.2, 0.25) is 5.89 Å². The molecule has 1 N–H and O–H groups in total. The topological polar surface area (TPSA) is 38.1 Å². The van der Waals surface area contributed by atoms with Gasteiger partial charge in [0, 0.05) is 12.6 Å². The summed E-state index contributed by atoms with van der Waals surface area (Å²) in [6, 6.07) is 2.45. The van der Waals surface area contributed by atoms with Crippen molar-refractivity contribution in [2.75, 3.05) is 0 Å². The second kappa shape index (κ2) is 4.90. The first kappa shape index (κ1) is 12.6. The molecule has 19 heavy (non-hydrogen) atoms. The number of hydrogen-bond acceptors (Lipinski definition) is 3. The summed E-state index contributed by atoms with van der Waals surface area (Å²) < 4.78 is 32.2. The molecule has 1 fully saturated rings. The van der Waals surface area contributed by atoms with E-state index >= 15 is 0 Å². The standard InChI is InChI=1S/C13H11ClF2N2O/c14-10-4-11(15)9(3-12(10)16)13-18-8(6-19-13)5-17-7-1-2-7/h3-4,6-7,17H,1-2,5H2. The van der Waals surface area contributed by atoms with Gasteiger partial charge in [-0.2, -0.15) is 0 Å². The third-order valence-corrected chi connectivity index (χ3v) is 3.23. The predicted molar refractivity (Wildman–Crippen MR) is 66.7 cm³/mol. The maximum atomic E-state index is 13.7. The SMILES string of the molecule is Fc1cc(-c2nc(CNC3CC3)co2)c(F)cc1Cl. The molecule has 1 aliphatic carbocycles. The molecule has 6 heteroatoms. The lowest BCUT2D eigenvalue weighted by Gasteiger charge is -2.00. The number of benzene rings is 1. The Balaban J connectivity index is 1.83. The van der Waals surface area contributed by atoms with Gasteiger partial charge < -0.3 is 9.73 Å². The van der Waals surface area contributed by atoms with Crippen LogP contribution in [0.1, 0.15) is 18.5 Å². The zero-order valence-corrected chi connectivity index (χ0v) is 10.7. The molecule has 0 atom stereocenters. The van der Waals surface area contributed by atoms with Gasteiger partial charge in [-0.3, -0.25) is 0 Å². The third kappa shape index (κ3) is 2.77. The van der Waals surface area contributed by atoms with Crippen LogP contribution in [0.5, 0.6) is 0 Å². The molecule has 0 unspecified atom stereocenters. The van der Waals surface area contributed by atoms with Crippen molar-refractivity contribution in [2.45, 2.75) is 25.4 Å². The fraction of sp³-hybridized carbons (Fsp3) is 0.308. The Morgan fingerprint density at radius 2 is 2.11 bits per heavy atom. The lowest BCUT2D eigenvalue weighted by molar-refractivity contribution is 0.554. The first-order valence-corrected chi connectivity index (χ1v) is 6.34. The average Bonchev–Trinajstić information content (AvgIpc) is 3.09. The number of nitrogens with zero attached hydrogens (tertiary/aromatic N) is 1. The van der Waals surface area contributed by atoms with Crippen molar-refractivity contribution in [3.8, 4) is 11.5 Å². The minimum Gasteiger partial charge on any atom is -0.444 e. The zero-order valence-electron chi connectivity index (χ0n) is 9.92. The molecule has 1 aromatic heterocycles. The van der Waals surface area contributed by atoms with Gasteiger partial charge in [0.25, 0.3) is 0 Å². The van der Waals surface area contributed by atoms with Gasteiger partial charge in [0.15, 0.2) is 0 Å². The molecule has 0 aliphatic heterocycles. The monoisotopic (exact) mass is 284 g/mol. The van der Waals surface area contributed by atoms with Crippen molar-refractivity contribution < 1.29 is 13.2 Å². The summed E-state index contributed by atoms with van der Waals surface area (Å²) in [6.07, 6.45) is 3.78. The Labute approximate surface area is 113 Å². The molecule has 0 radical (unpaired) electrons. The van der Waals surface area contributed by atoms with Crippen molar-refractivity contribution in [3.05, 3.63) is 40.7 Å². The summed E-state index contributed by atoms with van der Waals surface area (Å²) in [5.74, 6) is -1.30. The number of oxazole rings is 1. The molecular formula is C13H11ClF2N2O. The van der Waals surface area contributed by atoms with Crippen LogP contribution in [0.4, 0.5) is 8.78 Å². The van der Waals surface area contributed by atoms with Gasteiger partial charge in [-0.15, -0.1) is 0 Å². The van der Waals surface area contributed by atoms with Crippen molar-refractivity contribution in [3.63, 3.8) is 0 Å². The van der Waals surface area contributed by atoms with Gasteiger partial charge in [-0.25, -0.2) is 13.8 Å². The Morgan fingerprint density at radius 3 is 2.84 bits per heavy atom. The van der Waals surface area contributed by atoms with Crippen LogP contribution in [0.15, 0.2) is 22.8 Å². The van der Waals surface area contributed by atoms with E-state index in [1.807, 2.05) is 0 Å². The molecule has 2 aromatic rings. The lowest BCUT2D eigenvalue weighted by atomic mass is 10.2. The quantitative estimate of drug-likeness (QED) is 0.873. The van der Waals surface area contributed by atoms with Gasteiger partial charge in [-0.1, -0.05) is 11.6 Å². The molecule has 0 spiro atoms. The summed E-state index contributed by atoms with van der Waals surface area (Å²) in [5, 5.41) is 3.00. The molecule has 1 heterocycles. The number of hydrogen-bond donors (Lipinski definition) is 1. The average molecular weight is 285 g/mol. The van der Waals surface area contributed by atoms with Gasteiger partial charge >= 0.3 is 0 Å². The number of nitrogens with one attached hydrogen (secondary N) is 1. The number of halogens is 3. The highest BCUT2D eigenvalue weighted by molar-refractivity contribution is 6.30. The highest BCUT2D eigenvalue weighted by Gasteiger charge is 2.21. The number of rotatable bonds is 4. The molecule has 1 saturated carbocycles. The minimum atomic E-state index is -0.700. The van der Waals surface area contributed by atoms with Crippen LogP contribution in [0, 0.1) is 11.6 Å². The predicted octanol–water partition coefficient (Wildman–Crippen LogP) is 3.53. The van der Waals surface area contributed by atoms with Crippen molar-refractivity contribution >= 4 is 11.6 Å². The molecule has 100 valence electrons. The molecule has 3 nitrogen and oxygen atoms in total. The van der Waals surface area contributed by atoms with Crippen LogP contribution >= 0.6 is 11.6 Å². The molecule has 0 amide bonds. The second-order valence-electron chi connectivity index (χ2n) is 4.55. The van der Waals surface area contributed by atoms with Crippen LogP contribution in [-0.2, 0) is 6.54 Å². The lowest BCUT2D eigenvalue weighted by Crippen LogP contribution is -2.15. The molecule has 1 aromatic carbocycles. The van der Waals surface area contributed by atoms with Crippen molar-refractivity contribution in [1.82, 2.24) is 10.3 Å². The fourth-order valence-corrected chi connectivity index (χ4v) is 1.89. The van der Waals surface area contributed by atoms with Crippen molar-refractivity contribution in [1.29, 1.82) is 0 Å². The van der Waals surface area contributed by atoms with E-state index in [-0.39, 0.29) is 16.5 Å². The summed E-state index contributed by atoms with van der Waals surface area (Å²) in [5.41, 5.74) is 0.635. The Bertz CT molecular complexity index is 611. The van der Waals surface area contributed by atoms with E-state index in [0.717, 1.165) is 12.1 Å². The van der Waals surface area contributed by atoms with Crippen molar-refractivity contribution in [2.24, 2.45) is 0 Å². The first-order chi connectivity index (χ1) is 9.13. The molecular weight excluding hydrogens is 274 g/mol. The Hall–Kier alpha value is -1.46. The molecule has 3 rings (SSSR count). The van der Waals surface area contributed by atoms with E-state index in [1.54, 1.807) is 0 Å². The van der Waals surface area contributed by atoms with Crippen LogP contribution in [0.3, 0.4) is 0 Å². The van der Waals surface area contributed by atoms with E-state index in [0.29, 0.717) is 18.3 Å². The van der Waals surface area contributed by atoms with Gasteiger partial charge in [0.05, 0.1) is 16.3 Å². The highest BCUT2D eigenvalue weighted by Crippen LogP contribution is 2.27. The highest BCUT2D eigenvalue weighted by atomic mass is 35.5. The molecule has 0 saturated heterocycles. The van der Waals surface area contributed by atoms with Crippen LogP contribution < -0.4 is 5.32 Å². The molecule has 0 bridgehead atoms. The number of aromatic nitrogens is 1. The smallest absolute Gasteiger partial charge is 0.229 e. The molecule has 1 aliphatic rings. The maximum absolute atomic E-state index is 13.7. The zero-order chi connectivity index (χ0) is 13.4. The Kier molecular flexibility index (Phi) is 3.24. The largest absolute Gasteiger partial charge is 0.444 e. The van der Waals surface area contributed by atoms with Crippen LogP contribution in [-0.4, -0.2) is 11.0 Å². The van der Waals surface area contributed by atoms with Gasteiger partial charge in [-0.05, 0) is 25.0 Å². The summed E-state index contributed by atoms with van der Waals surface area (Å²) >= 11 is 5.49. The van der Waals surface area contributed by atoms with E-state index < -0.39 is 11.6 Å². The van der Waals surface area contributed by atoms with Crippen LogP contribution in [0.25, 0.3) is 11.5 Å². The normalized spacial score (nSPS) is 14.9. The Morgan fingerprint density at radius 1 is 1.32 bits per heavy atom. The minimum absolute atomic E-state index is 0.0282. The summed E-state index contributed by atoms with van der Waals surface area (Å²) in [6.45, 7) is 0.561. The van der Waals surface area contributed by atoms with Crippen LogP contribution in [0.2, 0.25) is 5.02 Å². The summed E-state index contributed by atoms with van der Waals surface area (Å²) in [4.78, 5) is 4.13.